The predicted octanol–water partition coefficient (Wildman–Crippen LogP) is 2.34. The van der Waals surface area contributed by atoms with Crippen LogP contribution in [0.15, 0.2) is 30.3 Å². The van der Waals surface area contributed by atoms with Crippen LogP contribution < -0.4 is 0 Å². The third-order valence-corrected chi connectivity index (χ3v) is 5.22. The highest BCUT2D eigenvalue weighted by Crippen LogP contribution is 2.43. The Balaban J connectivity index is 1.60. The molecule has 6 heteroatoms. The molecule has 0 aromatic heterocycles. The first-order chi connectivity index (χ1) is 11.8. The number of nitrogens with zero attached hydrogens (tertiary/aromatic N) is 1. The molecule has 3 aliphatic heterocycles. The average molecular weight is 349 g/mol. The molecule has 0 spiro atoms. The molecule has 5 atom stereocenters. The highest BCUT2D eigenvalue weighted by Gasteiger charge is 2.61. The van der Waals surface area contributed by atoms with Gasteiger partial charge in [-0.25, -0.2) is 0 Å². The molecule has 0 radical (unpaired) electrons. The van der Waals surface area contributed by atoms with Crippen molar-refractivity contribution in [2.75, 3.05) is 6.61 Å². The first kappa shape index (κ1) is 17.4. The number of rotatable bonds is 3. The largest absolute Gasteiger partial charge is 0.348 e. The first-order valence-electron chi connectivity index (χ1n) is 8.94. The molecular weight excluding hydrogens is 322 g/mol. The van der Waals surface area contributed by atoms with Crippen molar-refractivity contribution in [1.82, 2.24) is 5.06 Å². The van der Waals surface area contributed by atoms with Gasteiger partial charge in [0.05, 0.1) is 18.7 Å². The Bertz CT molecular complexity index is 620. The van der Waals surface area contributed by atoms with Gasteiger partial charge in [-0.3, -0.25) is 0 Å². The van der Waals surface area contributed by atoms with E-state index in [-0.39, 0.29) is 30.4 Å². The van der Waals surface area contributed by atoms with Crippen molar-refractivity contribution in [2.45, 2.75) is 76.1 Å². The van der Waals surface area contributed by atoms with E-state index in [0.717, 1.165) is 5.56 Å². The fourth-order valence-corrected chi connectivity index (χ4v) is 4.23. The van der Waals surface area contributed by atoms with E-state index < -0.39 is 11.6 Å². The summed E-state index contributed by atoms with van der Waals surface area (Å²) in [4.78, 5) is 0. The summed E-state index contributed by atoms with van der Waals surface area (Å²) in [5, 5.41) is 12.3. The second kappa shape index (κ2) is 6.01. The van der Waals surface area contributed by atoms with Crippen LogP contribution in [0.5, 0.6) is 0 Å². The van der Waals surface area contributed by atoms with E-state index in [1.165, 1.54) is 5.06 Å². The standard InChI is InChI=1S/C19H27NO5/c1-18(2)22-11-14(23-18)15-17-16(24-19(3,4)25-17)13(20(15)21)10-12-8-6-5-7-9-12/h5-9,13-17,21H,10-11H2,1-4H3/t13-,14+,15+,16-,17+/m1/s1. The Labute approximate surface area is 148 Å². The van der Waals surface area contributed by atoms with Gasteiger partial charge in [0.2, 0.25) is 0 Å². The van der Waals surface area contributed by atoms with Gasteiger partial charge in [0.15, 0.2) is 11.6 Å². The summed E-state index contributed by atoms with van der Waals surface area (Å²) >= 11 is 0. The zero-order valence-electron chi connectivity index (χ0n) is 15.2. The third kappa shape index (κ3) is 3.23. The quantitative estimate of drug-likeness (QED) is 0.904. The first-order valence-corrected chi connectivity index (χ1v) is 8.94. The fourth-order valence-electron chi connectivity index (χ4n) is 4.23. The van der Waals surface area contributed by atoms with Gasteiger partial charge >= 0.3 is 0 Å². The molecule has 1 N–H and O–H groups in total. The molecule has 0 unspecified atom stereocenters. The molecule has 138 valence electrons. The Kier molecular flexibility index (Phi) is 4.18. The summed E-state index contributed by atoms with van der Waals surface area (Å²) in [6.07, 6.45) is -0.0368. The SMILES string of the molecule is CC1(C)O[C@@H]2[C@H](O1)[C@@H](Cc1ccccc1)N(O)[C@H]2[C@@H]1COC(C)(C)O1. The van der Waals surface area contributed by atoms with Crippen LogP contribution in [0.2, 0.25) is 0 Å². The Morgan fingerprint density at radius 1 is 1.00 bits per heavy atom. The Morgan fingerprint density at radius 2 is 1.68 bits per heavy atom. The highest BCUT2D eigenvalue weighted by molar-refractivity contribution is 5.19. The lowest BCUT2D eigenvalue weighted by Gasteiger charge is -2.32. The molecule has 3 saturated heterocycles. The van der Waals surface area contributed by atoms with Gasteiger partial charge in [-0.15, -0.1) is 0 Å². The molecule has 4 rings (SSSR count). The molecule has 0 aliphatic carbocycles. The molecule has 6 nitrogen and oxygen atoms in total. The number of hydroxylamine groups is 2. The van der Waals surface area contributed by atoms with Crippen molar-refractivity contribution >= 4 is 0 Å². The maximum absolute atomic E-state index is 11.0. The van der Waals surface area contributed by atoms with Crippen LogP contribution in [0.25, 0.3) is 0 Å². The lowest BCUT2D eigenvalue weighted by Crippen LogP contribution is -2.48. The van der Waals surface area contributed by atoms with Gasteiger partial charge in [-0.05, 0) is 39.7 Å². The highest BCUT2D eigenvalue weighted by atomic mass is 16.8. The Hall–Kier alpha value is -1.02. The van der Waals surface area contributed by atoms with Crippen LogP contribution in [0.4, 0.5) is 0 Å². The van der Waals surface area contributed by atoms with E-state index in [4.69, 9.17) is 18.9 Å². The van der Waals surface area contributed by atoms with Crippen molar-refractivity contribution in [3.8, 4) is 0 Å². The third-order valence-electron chi connectivity index (χ3n) is 5.22. The molecule has 25 heavy (non-hydrogen) atoms. The van der Waals surface area contributed by atoms with Gasteiger partial charge in [0, 0.05) is 0 Å². The molecule has 1 aromatic rings. The summed E-state index contributed by atoms with van der Waals surface area (Å²) in [5.74, 6) is -1.31. The van der Waals surface area contributed by atoms with Crippen molar-refractivity contribution in [3.63, 3.8) is 0 Å². The second-order valence-corrected chi connectivity index (χ2v) is 8.06. The van der Waals surface area contributed by atoms with Gasteiger partial charge in [-0.2, -0.15) is 5.06 Å². The molecular formula is C19H27NO5. The monoisotopic (exact) mass is 349 g/mol. The van der Waals surface area contributed by atoms with Crippen LogP contribution >= 0.6 is 0 Å². The minimum atomic E-state index is -0.668. The lowest BCUT2D eigenvalue weighted by molar-refractivity contribution is -0.234. The van der Waals surface area contributed by atoms with Crippen molar-refractivity contribution in [1.29, 1.82) is 0 Å². The van der Waals surface area contributed by atoms with E-state index in [1.54, 1.807) is 0 Å². The van der Waals surface area contributed by atoms with Gasteiger partial charge < -0.3 is 24.2 Å². The van der Waals surface area contributed by atoms with Gasteiger partial charge in [0.1, 0.15) is 18.3 Å². The molecule has 3 aliphatic rings. The van der Waals surface area contributed by atoms with Crippen molar-refractivity contribution in [3.05, 3.63) is 35.9 Å². The van der Waals surface area contributed by atoms with E-state index in [2.05, 4.69) is 12.1 Å². The normalized spacial score (nSPS) is 39.6. The molecule has 3 fully saturated rings. The van der Waals surface area contributed by atoms with Crippen LogP contribution in [0, 0.1) is 0 Å². The lowest BCUT2D eigenvalue weighted by atomic mass is 10.00. The van der Waals surface area contributed by atoms with E-state index in [1.807, 2.05) is 45.9 Å². The molecule has 0 bridgehead atoms. The Morgan fingerprint density at radius 3 is 2.32 bits per heavy atom. The summed E-state index contributed by atoms with van der Waals surface area (Å²) in [6, 6.07) is 9.63. The van der Waals surface area contributed by atoms with Crippen LogP contribution in [0.3, 0.4) is 0 Å². The summed E-state index contributed by atoms with van der Waals surface area (Å²) in [6.45, 7) is 8.04. The molecule has 0 saturated carbocycles. The van der Waals surface area contributed by atoms with Crippen LogP contribution in [-0.2, 0) is 25.4 Å². The summed E-state index contributed by atoms with van der Waals surface area (Å²) < 4.78 is 24.0. The van der Waals surface area contributed by atoms with Crippen LogP contribution in [-0.4, -0.2) is 58.8 Å². The smallest absolute Gasteiger partial charge is 0.163 e. The van der Waals surface area contributed by atoms with Crippen molar-refractivity contribution < 1.29 is 24.2 Å². The predicted molar refractivity (Wildman–Crippen MR) is 90.1 cm³/mol. The zero-order valence-corrected chi connectivity index (χ0v) is 15.2. The van der Waals surface area contributed by atoms with E-state index in [9.17, 15) is 5.21 Å². The molecule has 3 heterocycles. The minimum Gasteiger partial charge on any atom is -0.348 e. The van der Waals surface area contributed by atoms with Crippen LogP contribution in [0.1, 0.15) is 33.3 Å². The molecule has 0 amide bonds. The zero-order chi connectivity index (χ0) is 17.8. The van der Waals surface area contributed by atoms with Gasteiger partial charge in [-0.1, -0.05) is 30.3 Å². The summed E-state index contributed by atoms with van der Waals surface area (Å²) in [7, 11) is 0. The summed E-state index contributed by atoms with van der Waals surface area (Å²) in [5.41, 5.74) is 1.16. The number of hydrogen-bond donors (Lipinski definition) is 1. The maximum atomic E-state index is 11.0. The average Bonchev–Trinajstić information content (AvgIpc) is 3.11. The maximum Gasteiger partial charge on any atom is 0.163 e. The van der Waals surface area contributed by atoms with E-state index in [0.29, 0.717) is 13.0 Å². The number of hydrogen-bond acceptors (Lipinski definition) is 6. The van der Waals surface area contributed by atoms with Crippen molar-refractivity contribution in [2.24, 2.45) is 0 Å². The second-order valence-electron chi connectivity index (χ2n) is 8.06. The molecule has 1 aromatic carbocycles. The number of fused-ring (bicyclic) bond motifs is 1. The topological polar surface area (TPSA) is 60.4 Å². The number of benzene rings is 1. The number of ether oxygens (including phenoxy) is 4. The fraction of sp³-hybridized carbons (Fsp3) is 0.684. The van der Waals surface area contributed by atoms with Gasteiger partial charge in [0.25, 0.3) is 0 Å². The van der Waals surface area contributed by atoms with E-state index >= 15 is 0 Å². The minimum absolute atomic E-state index is 0.188.